The van der Waals surface area contributed by atoms with E-state index in [1.165, 1.54) is 28.0 Å². The van der Waals surface area contributed by atoms with E-state index in [2.05, 4.69) is 65.1 Å². The van der Waals surface area contributed by atoms with Crippen molar-refractivity contribution in [2.75, 3.05) is 36.4 Å². The first-order valence-electron chi connectivity index (χ1n) is 14.3. The van der Waals surface area contributed by atoms with E-state index in [-0.39, 0.29) is 29.3 Å². The molecule has 1 atom stereocenters. The molecule has 0 spiro atoms. The van der Waals surface area contributed by atoms with Crippen molar-refractivity contribution in [3.05, 3.63) is 94.7 Å². The fourth-order valence-corrected chi connectivity index (χ4v) is 6.40. The predicted molar refractivity (Wildman–Crippen MR) is 167 cm³/mol. The fraction of sp³-hybridized carbons (Fsp3) is 0.303. The predicted octanol–water partition coefficient (Wildman–Crippen LogP) is 5.91. The van der Waals surface area contributed by atoms with Crippen LogP contribution in [0.4, 0.5) is 15.2 Å². The molecule has 6 rings (SSSR count). The summed E-state index contributed by atoms with van der Waals surface area (Å²) in [6.07, 6.45) is 1.55. The third-order valence-corrected chi connectivity index (χ3v) is 8.93. The lowest BCUT2D eigenvalue weighted by molar-refractivity contribution is -0.120. The molecule has 2 N–H and O–H groups in total. The van der Waals surface area contributed by atoms with Crippen LogP contribution in [0.3, 0.4) is 0 Å². The molecule has 0 saturated carbocycles. The number of nitrogens with one attached hydrogen (secondary N) is 1. The molecule has 4 aromatic rings. The minimum Gasteiger partial charge on any atom is -0.508 e. The molecule has 0 bridgehead atoms. The van der Waals surface area contributed by atoms with Gasteiger partial charge in [0.2, 0.25) is 0 Å². The molecular formula is C33H34FN5O3S. The summed E-state index contributed by atoms with van der Waals surface area (Å²) >= 11 is 1.22. The molecule has 1 fully saturated rings. The maximum Gasteiger partial charge on any atom is 0.255 e. The number of carbonyl (C=O) groups is 2. The Balaban J connectivity index is 1.23. The summed E-state index contributed by atoms with van der Waals surface area (Å²) in [5.41, 5.74) is 4.44. The zero-order valence-corrected chi connectivity index (χ0v) is 25.2. The number of hydrogen-bond acceptors (Lipinski definition) is 7. The number of amides is 2. The average Bonchev–Trinajstić information content (AvgIpc) is 3.62. The summed E-state index contributed by atoms with van der Waals surface area (Å²) < 4.78 is 14.3. The van der Waals surface area contributed by atoms with Gasteiger partial charge >= 0.3 is 0 Å². The Morgan fingerprint density at radius 1 is 1.00 bits per heavy atom. The number of aromatic hydroxyl groups is 1. The zero-order chi connectivity index (χ0) is 30.3. The number of piperazine rings is 1. The van der Waals surface area contributed by atoms with Crippen LogP contribution in [-0.2, 0) is 11.3 Å². The van der Waals surface area contributed by atoms with E-state index in [0.29, 0.717) is 10.7 Å². The Kier molecular flexibility index (Phi) is 7.66. The smallest absolute Gasteiger partial charge is 0.255 e. The van der Waals surface area contributed by atoms with Gasteiger partial charge in [0.15, 0.2) is 5.13 Å². The number of phenols is 1. The van der Waals surface area contributed by atoms with Gasteiger partial charge in [-0.15, -0.1) is 11.3 Å². The van der Waals surface area contributed by atoms with Crippen molar-refractivity contribution in [1.82, 2.24) is 14.8 Å². The molecule has 3 heterocycles. The van der Waals surface area contributed by atoms with Gasteiger partial charge in [-0.2, -0.15) is 0 Å². The Bertz CT molecular complexity index is 1640. The van der Waals surface area contributed by atoms with E-state index in [0.717, 1.165) is 55.0 Å². The maximum atomic E-state index is 14.3. The number of rotatable bonds is 6. The van der Waals surface area contributed by atoms with E-state index >= 15 is 0 Å². The molecule has 10 heteroatoms. The van der Waals surface area contributed by atoms with Gasteiger partial charge in [-0.3, -0.25) is 19.8 Å². The minimum absolute atomic E-state index is 0.00866. The Hall–Kier alpha value is -4.28. The van der Waals surface area contributed by atoms with Crippen LogP contribution in [-0.4, -0.2) is 63.4 Å². The molecule has 1 saturated heterocycles. The van der Waals surface area contributed by atoms with Crippen molar-refractivity contribution in [3.63, 3.8) is 0 Å². The number of thiazole rings is 1. The number of hydrogen-bond donors (Lipinski definition) is 2. The van der Waals surface area contributed by atoms with Gasteiger partial charge in [0.05, 0.1) is 0 Å². The Labute approximate surface area is 254 Å². The van der Waals surface area contributed by atoms with Crippen LogP contribution in [0.25, 0.3) is 11.1 Å². The van der Waals surface area contributed by atoms with E-state index in [1.54, 1.807) is 11.6 Å². The van der Waals surface area contributed by atoms with Gasteiger partial charge in [-0.25, -0.2) is 9.37 Å². The van der Waals surface area contributed by atoms with Crippen molar-refractivity contribution in [3.8, 4) is 16.9 Å². The number of carbonyl (C=O) groups excluding carboxylic acids is 2. The van der Waals surface area contributed by atoms with Gasteiger partial charge in [-0.05, 0) is 73.9 Å². The van der Waals surface area contributed by atoms with Crippen molar-refractivity contribution < 1.29 is 19.1 Å². The van der Waals surface area contributed by atoms with Crippen LogP contribution >= 0.6 is 11.3 Å². The minimum atomic E-state index is -1.26. The number of nitrogens with zero attached hydrogens (tertiary/aromatic N) is 4. The second-order valence-electron chi connectivity index (χ2n) is 11.9. The van der Waals surface area contributed by atoms with Crippen LogP contribution in [0, 0.1) is 5.82 Å². The summed E-state index contributed by atoms with van der Waals surface area (Å²) in [5.74, 6) is -1.85. The molecule has 0 aliphatic carbocycles. The van der Waals surface area contributed by atoms with Crippen LogP contribution < -0.4 is 10.2 Å². The number of anilines is 2. The first-order valence-corrected chi connectivity index (χ1v) is 15.2. The number of halogens is 1. The molecule has 8 nitrogen and oxygen atoms in total. The monoisotopic (exact) mass is 599 g/mol. The largest absolute Gasteiger partial charge is 0.508 e. The highest BCUT2D eigenvalue weighted by atomic mass is 32.1. The molecule has 3 aromatic carbocycles. The Morgan fingerprint density at radius 2 is 1.72 bits per heavy atom. The van der Waals surface area contributed by atoms with E-state index < -0.39 is 17.8 Å². The van der Waals surface area contributed by atoms with Crippen LogP contribution in [0.5, 0.6) is 5.75 Å². The Morgan fingerprint density at radius 3 is 2.40 bits per heavy atom. The lowest BCUT2D eigenvalue weighted by Gasteiger charge is -2.43. The number of aromatic nitrogens is 1. The molecule has 222 valence electrons. The van der Waals surface area contributed by atoms with E-state index in [4.69, 9.17) is 0 Å². The van der Waals surface area contributed by atoms with Gasteiger partial charge in [0.25, 0.3) is 11.8 Å². The lowest BCUT2D eigenvalue weighted by Crippen LogP contribution is -2.53. The molecule has 2 amide bonds. The topological polar surface area (TPSA) is 89.0 Å². The van der Waals surface area contributed by atoms with Crippen molar-refractivity contribution in [2.24, 2.45) is 0 Å². The van der Waals surface area contributed by atoms with Gasteiger partial charge in [-0.1, -0.05) is 24.3 Å². The first kappa shape index (κ1) is 28.8. The second kappa shape index (κ2) is 11.4. The summed E-state index contributed by atoms with van der Waals surface area (Å²) in [5, 5.41) is 15.4. The van der Waals surface area contributed by atoms with Crippen molar-refractivity contribution >= 4 is 34.0 Å². The van der Waals surface area contributed by atoms with Crippen LogP contribution in [0.2, 0.25) is 0 Å². The van der Waals surface area contributed by atoms with Crippen LogP contribution in [0.15, 0.2) is 72.2 Å². The number of fused-ring (bicyclic) bond motifs is 1. The molecule has 0 unspecified atom stereocenters. The average molecular weight is 600 g/mol. The maximum absolute atomic E-state index is 14.3. The highest BCUT2D eigenvalue weighted by molar-refractivity contribution is 7.13. The third kappa shape index (κ3) is 5.85. The highest BCUT2D eigenvalue weighted by Crippen LogP contribution is 2.38. The summed E-state index contributed by atoms with van der Waals surface area (Å²) in [4.78, 5) is 37.7. The SMILES string of the molecule is CC(C)(C)N1CCN(c2ccc(-c3ccc4c(c3)C(=O)N([C@H](C(=O)Nc3nccs3)c3cc(F)ccc3O)C4)cc2)CC1. The van der Waals surface area contributed by atoms with Gasteiger partial charge in [0, 0.05) is 66.7 Å². The fourth-order valence-electron chi connectivity index (χ4n) is 5.87. The summed E-state index contributed by atoms with van der Waals surface area (Å²) in [6.45, 7) is 10.9. The summed E-state index contributed by atoms with van der Waals surface area (Å²) in [6, 6.07) is 16.2. The molecule has 2 aliphatic rings. The standard InChI is InChI=1S/C33H34FN5O3S/c1-33(2,3)38-15-13-37(14-16-38)25-9-6-21(7-10-25)22-4-5-23-20-39(31(42)26(23)18-22)29(27-19-24(34)8-11-28(27)40)30(41)36-32-35-12-17-43-32/h4-12,17-19,29,40H,13-16,20H2,1-3H3,(H,35,36,41)/t29-/m0/s1. The third-order valence-electron chi connectivity index (χ3n) is 8.24. The van der Waals surface area contributed by atoms with E-state index in [1.807, 2.05) is 18.2 Å². The lowest BCUT2D eigenvalue weighted by atomic mass is 10.00. The van der Waals surface area contributed by atoms with Gasteiger partial charge in [0.1, 0.15) is 17.6 Å². The molecule has 43 heavy (non-hydrogen) atoms. The second-order valence-corrected chi connectivity index (χ2v) is 12.8. The van der Waals surface area contributed by atoms with Crippen molar-refractivity contribution in [2.45, 2.75) is 38.9 Å². The first-order chi connectivity index (χ1) is 20.6. The van der Waals surface area contributed by atoms with E-state index in [9.17, 15) is 19.1 Å². The molecular weight excluding hydrogens is 565 g/mol. The number of phenolic OH excluding ortho intramolecular Hbond substituents is 1. The molecule has 2 aliphatic heterocycles. The zero-order valence-electron chi connectivity index (χ0n) is 24.4. The van der Waals surface area contributed by atoms with Crippen LogP contribution in [0.1, 0.15) is 48.3 Å². The molecule has 1 aromatic heterocycles. The van der Waals surface area contributed by atoms with Gasteiger partial charge < -0.3 is 14.9 Å². The summed E-state index contributed by atoms with van der Waals surface area (Å²) in [7, 11) is 0. The number of benzene rings is 3. The normalized spacial score (nSPS) is 16.3. The molecule has 0 radical (unpaired) electrons. The quantitative estimate of drug-likeness (QED) is 0.287. The van der Waals surface area contributed by atoms with Crippen molar-refractivity contribution in [1.29, 1.82) is 0 Å². The highest BCUT2D eigenvalue weighted by Gasteiger charge is 2.39.